The summed E-state index contributed by atoms with van der Waals surface area (Å²) in [7, 11) is 0. The first-order chi connectivity index (χ1) is 9.54. The minimum absolute atomic E-state index is 0.0545. The molecule has 4 nitrogen and oxygen atoms in total. The second-order valence-corrected chi connectivity index (χ2v) is 5.91. The van der Waals surface area contributed by atoms with Crippen molar-refractivity contribution in [2.75, 3.05) is 13.1 Å². The van der Waals surface area contributed by atoms with Crippen LogP contribution >= 0.6 is 11.6 Å². The second-order valence-electron chi connectivity index (χ2n) is 5.47. The van der Waals surface area contributed by atoms with Crippen molar-refractivity contribution in [1.29, 1.82) is 0 Å². The molecule has 5 heteroatoms. The van der Waals surface area contributed by atoms with Gasteiger partial charge in [0.25, 0.3) is 0 Å². The maximum absolute atomic E-state index is 11.6. The molecule has 1 fully saturated rings. The van der Waals surface area contributed by atoms with Crippen molar-refractivity contribution in [3.8, 4) is 0 Å². The van der Waals surface area contributed by atoms with Crippen molar-refractivity contribution in [1.82, 2.24) is 10.2 Å². The van der Waals surface area contributed by atoms with Gasteiger partial charge in [-0.05, 0) is 37.5 Å². The quantitative estimate of drug-likeness (QED) is 0.890. The summed E-state index contributed by atoms with van der Waals surface area (Å²) in [5.74, 6) is -0.0545. The van der Waals surface area contributed by atoms with Crippen LogP contribution in [0.4, 0.5) is 0 Å². The van der Waals surface area contributed by atoms with Gasteiger partial charge in [0.1, 0.15) is 0 Å². The molecular weight excluding hydrogens is 274 g/mol. The van der Waals surface area contributed by atoms with E-state index in [9.17, 15) is 4.79 Å². The van der Waals surface area contributed by atoms with Crippen molar-refractivity contribution in [2.24, 2.45) is 5.73 Å². The Morgan fingerprint density at radius 2 is 2.00 bits per heavy atom. The molecule has 20 heavy (non-hydrogen) atoms. The maximum Gasteiger partial charge on any atom is 0.236 e. The zero-order chi connectivity index (χ0) is 14.5. The predicted octanol–water partition coefficient (Wildman–Crippen LogP) is 1.77. The molecule has 110 valence electrons. The lowest BCUT2D eigenvalue weighted by Crippen LogP contribution is -2.48. The van der Waals surface area contributed by atoms with Crippen LogP contribution in [0.5, 0.6) is 0 Å². The molecule has 0 unspecified atom stereocenters. The highest BCUT2D eigenvalue weighted by Gasteiger charge is 2.21. The molecular formula is C15H22ClN3O. The molecule has 1 aliphatic heterocycles. The number of hydrogen-bond acceptors (Lipinski definition) is 3. The van der Waals surface area contributed by atoms with Gasteiger partial charge in [-0.2, -0.15) is 0 Å². The summed E-state index contributed by atoms with van der Waals surface area (Å²) >= 11 is 5.88. The number of amides is 1. The van der Waals surface area contributed by atoms with Crippen LogP contribution in [0.3, 0.4) is 0 Å². The highest BCUT2D eigenvalue weighted by Crippen LogP contribution is 2.15. The van der Waals surface area contributed by atoms with E-state index in [0.717, 1.165) is 37.5 Å². The molecule has 1 amide bonds. The molecule has 3 N–H and O–H groups in total. The third kappa shape index (κ3) is 4.47. The Morgan fingerprint density at radius 1 is 1.40 bits per heavy atom. The van der Waals surface area contributed by atoms with Crippen LogP contribution in [0.15, 0.2) is 24.3 Å². The highest BCUT2D eigenvalue weighted by atomic mass is 35.5. The van der Waals surface area contributed by atoms with E-state index < -0.39 is 6.04 Å². The molecule has 2 rings (SSSR count). The summed E-state index contributed by atoms with van der Waals surface area (Å²) in [6.07, 6.45) is 1.96. The van der Waals surface area contributed by atoms with E-state index in [0.29, 0.717) is 0 Å². The summed E-state index contributed by atoms with van der Waals surface area (Å²) in [5.41, 5.74) is 6.83. The van der Waals surface area contributed by atoms with Crippen LogP contribution in [0.1, 0.15) is 25.3 Å². The summed E-state index contributed by atoms with van der Waals surface area (Å²) < 4.78 is 0. The van der Waals surface area contributed by atoms with E-state index in [1.165, 1.54) is 5.56 Å². The number of carbonyl (C=O) groups is 1. The van der Waals surface area contributed by atoms with Gasteiger partial charge in [0.2, 0.25) is 5.91 Å². The van der Waals surface area contributed by atoms with E-state index in [2.05, 4.69) is 22.3 Å². The van der Waals surface area contributed by atoms with Gasteiger partial charge in [-0.15, -0.1) is 0 Å². The number of nitrogens with one attached hydrogen (secondary N) is 1. The largest absolute Gasteiger partial charge is 0.352 e. The number of halogens is 1. The smallest absolute Gasteiger partial charge is 0.236 e. The summed E-state index contributed by atoms with van der Waals surface area (Å²) in [4.78, 5) is 14.0. The van der Waals surface area contributed by atoms with Crippen molar-refractivity contribution < 1.29 is 4.79 Å². The predicted molar refractivity (Wildman–Crippen MR) is 81.5 cm³/mol. The molecule has 1 aromatic rings. The van der Waals surface area contributed by atoms with Crippen LogP contribution in [0, 0.1) is 0 Å². The molecule has 0 aromatic heterocycles. The lowest BCUT2D eigenvalue weighted by molar-refractivity contribution is -0.123. The number of carbonyl (C=O) groups excluding carboxylic acids is 1. The number of piperidine rings is 1. The average molecular weight is 296 g/mol. The fourth-order valence-electron chi connectivity index (χ4n) is 2.42. The first-order valence-electron chi connectivity index (χ1n) is 7.07. The van der Waals surface area contributed by atoms with Gasteiger partial charge in [-0.1, -0.05) is 23.7 Å². The van der Waals surface area contributed by atoms with Crippen molar-refractivity contribution in [2.45, 2.75) is 38.4 Å². The standard InChI is InChI=1S/C15H22ClN3O/c1-11(17)15(20)18-14-6-8-19(9-7-14)10-12-2-4-13(16)5-3-12/h2-5,11,14H,6-10,17H2,1H3,(H,18,20)/t11-/m1/s1. The minimum Gasteiger partial charge on any atom is -0.352 e. The van der Waals surface area contributed by atoms with Gasteiger partial charge in [0.05, 0.1) is 6.04 Å². The Morgan fingerprint density at radius 3 is 2.55 bits per heavy atom. The molecule has 0 spiro atoms. The summed E-state index contributed by atoms with van der Waals surface area (Å²) in [6.45, 7) is 4.63. The van der Waals surface area contributed by atoms with E-state index in [-0.39, 0.29) is 11.9 Å². The Balaban J connectivity index is 1.77. The molecule has 1 aliphatic rings. The van der Waals surface area contributed by atoms with Crippen LogP contribution in [0.25, 0.3) is 0 Å². The molecule has 1 heterocycles. The van der Waals surface area contributed by atoms with Crippen molar-refractivity contribution >= 4 is 17.5 Å². The Hall–Kier alpha value is -1.10. The lowest BCUT2D eigenvalue weighted by atomic mass is 10.0. The van der Waals surface area contributed by atoms with Gasteiger partial charge in [0.15, 0.2) is 0 Å². The van der Waals surface area contributed by atoms with E-state index in [4.69, 9.17) is 17.3 Å². The number of benzene rings is 1. The van der Waals surface area contributed by atoms with Crippen LogP contribution in [-0.4, -0.2) is 36.0 Å². The van der Waals surface area contributed by atoms with Gasteiger partial charge in [-0.25, -0.2) is 0 Å². The number of nitrogens with zero attached hydrogens (tertiary/aromatic N) is 1. The second kappa shape index (κ2) is 7.07. The number of rotatable bonds is 4. The minimum atomic E-state index is -0.429. The Kier molecular flexibility index (Phi) is 5.40. The van der Waals surface area contributed by atoms with E-state index in [1.54, 1.807) is 6.92 Å². The molecule has 1 saturated heterocycles. The Labute approximate surface area is 125 Å². The van der Waals surface area contributed by atoms with Crippen LogP contribution < -0.4 is 11.1 Å². The SMILES string of the molecule is C[C@@H](N)C(=O)NC1CCN(Cc2ccc(Cl)cc2)CC1. The van der Waals surface area contributed by atoms with Crippen molar-refractivity contribution in [3.63, 3.8) is 0 Å². The van der Waals surface area contributed by atoms with Gasteiger partial charge >= 0.3 is 0 Å². The first kappa shape index (κ1) is 15.3. The van der Waals surface area contributed by atoms with Gasteiger partial charge in [-0.3, -0.25) is 9.69 Å². The third-order valence-electron chi connectivity index (χ3n) is 3.67. The number of likely N-dealkylation sites (tertiary alicyclic amines) is 1. The molecule has 0 aliphatic carbocycles. The first-order valence-corrected chi connectivity index (χ1v) is 7.45. The summed E-state index contributed by atoms with van der Waals surface area (Å²) in [6, 6.07) is 7.80. The van der Waals surface area contributed by atoms with Gasteiger partial charge in [0, 0.05) is 30.7 Å². The number of nitrogens with two attached hydrogens (primary N) is 1. The average Bonchev–Trinajstić information content (AvgIpc) is 2.43. The monoisotopic (exact) mass is 295 g/mol. The highest BCUT2D eigenvalue weighted by molar-refractivity contribution is 6.30. The normalized spacial score (nSPS) is 18.8. The number of hydrogen-bond donors (Lipinski definition) is 2. The molecule has 0 radical (unpaired) electrons. The Bertz CT molecular complexity index is 439. The molecule has 0 saturated carbocycles. The van der Waals surface area contributed by atoms with Crippen LogP contribution in [-0.2, 0) is 11.3 Å². The fraction of sp³-hybridized carbons (Fsp3) is 0.533. The maximum atomic E-state index is 11.6. The zero-order valence-corrected chi connectivity index (χ0v) is 12.6. The summed E-state index contributed by atoms with van der Waals surface area (Å²) in [5, 5.41) is 3.77. The van der Waals surface area contributed by atoms with Crippen LogP contribution in [0.2, 0.25) is 5.02 Å². The lowest BCUT2D eigenvalue weighted by Gasteiger charge is -2.32. The molecule has 1 atom stereocenters. The third-order valence-corrected chi connectivity index (χ3v) is 3.92. The van der Waals surface area contributed by atoms with Crippen molar-refractivity contribution in [3.05, 3.63) is 34.9 Å². The fourth-order valence-corrected chi connectivity index (χ4v) is 2.54. The molecule has 1 aromatic carbocycles. The van der Waals surface area contributed by atoms with E-state index >= 15 is 0 Å². The van der Waals surface area contributed by atoms with E-state index in [1.807, 2.05) is 12.1 Å². The zero-order valence-electron chi connectivity index (χ0n) is 11.8. The topological polar surface area (TPSA) is 58.4 Å². The molecule has 0 bridgehead atoms. The van der Waals surface area contributed by atoms with Gasteiger partial charge < -0.3 is 11.1 Å².